The van der Waals surface area contributed by atoms with Crippen molar-refractivity contribution in [2.24, 2.45) is 0 Å². The lowest BCUT2D eigenvalue weighted by molar-refractivity contribution is -0.149. The largest absolute Gasteiger partial charge is 0.480 e. The first kappa shape index (κ1) is 16.1. The first-order valence-corrected chi connectivity index (χ1v) is 7.32. The number of hydrogen-bond acceptors (Lipinski definition) is 3. The van der Waals surface area contributed by atoms with Crippen LogP contribution in [-0.4, -0.2) is 40.5 Å². The van der Waals surface area contributed by atoms with Gasteiger partial charge in [-0.3, -0.25) is 14.5 Å². The molecular formula is C14H16Cl2N2O3. The van der Waals surface area contributed by atoms with E-state index >= 15 is 0 Å². The third kappa shape index (κ3) is 3.31. The third-order valence-corrected chi connectivity index (χ3v) is 4.63. The average Bonchev–Trinajstić information content (AvgIpc) is 2.78. The summed E-state index contributed by atoms with van der Waals surface area (Å²) < 4.78 is 0. The summed E-state index contributed by atoms with van der Waals surface area (Å²) in [4.78, 5) is 25.1. The first-order chi connectivity index (χ1) is 9.84. The minimum absolute atomic E-state index is 0.00560. The van der Waals surface area contributed by atoms with Gasteiger partial charge in [-0.05, 0) is 38.4 Å². The van der Waals surface area contributed by atoms with Crippen LogP contribution < -0.4 is 5.32 Å². The Morgan fingerprint density at radius 1 is 1.43 bits per heavy atom. The summed E-state index contributed by atoms with van der Waals surface area (Å²) >= 11 is 11.9. The standard InChI is InChI=1S/C14H16Cl2N2O3/c1-14(13(20)21)6-3-7-18(14)8-11(19)17-10-5-2-4-9(15)12(10)16/h2,4-5H,3,6-8H2,1H3,(H,17,19)(H,20,21). The Hall–Kier alpha value is -1.30. The monoisotopic (exact) mass is 330 g/mol. The normalized spacial score (nSPS) is 22.2. The smallest absolute Gasteiger partial charge is 0.323 e. The summed E-state index contributed by atoms with van der Waals surface area (Å²) in [5, 5.41) is 12.6. The summed E-state index contributed by atoms with van der Waals surface area (Å²) in [6.45, 7) is 2.23. The molecule has 114 valence electrons. The lowest BCUT2D eigenvalue weighted by Gasteiger charge is -2.30. The lowest BCUT2D eigenvalue weighted by Crippen LogP contribution is -2.50. The summed E-state index contributed by atoms with van der Waals surface area (Å²) in [6, 6.07) is 4.95. The number of likely N-dealkylation sites (tertiary alicyclic amines) is 1. The van der Waals surface area contributed by atoms with Gasteiger partial charge in [-0.1, -0.05) is 29.3 Å². The van der Waals surface area contributed by atoms with E-state index in [0.717, 1.165) is 6.42 Å². The van der Waals surface area contributed by atoms with Crippen molar-refractivity contribution in [3.8, 4) is 0 Å². The Kier molecular flexibility index (Phi) is 4.76. The molecule has 1 unspecified atom stereocenters. The van der Waals surface area contributed by atoms with Gasteiger partial charge < -0.3 is 10.4 Å². The van der Waals surface area contributed by atoms with Crippen LogP contribution in [0.3, 0.4) is 0 Å². The number of halogens is 2. The zero-order valence-corrected chi connectivity index (χ0v) is 13.0. The molecule has 1 aliphatic heterocycles. The van der Waals surface area contributed by atoms with E-state index < -0.39 is 11.5 Å². The van der Waals surface area contributed by atoms with Crippen LogP contribution in [0.25, 0.3) is 0 Å². The molecule has 0 saturated carbocycles. The van der Waals surface area contributed by atoms with E-state index in [2.05, 4.69) is 5.32 Å². The van der Waals surface area contributed by atoms with Gasteiger partial charge in [0, 0.05) is 0 Å². The molecule has 1 aromatic rings. The van der Waals surface area contributed by atoms with Crippen LogP contribution >= 0.6 is 23.2 Å². The van der Waals surface area contributed by atoms with Crippen molar-refractivity contribution in [3.05, 3.63) is 28.2 Å². The molecule has 0 spiro atoms. The molecule has 2 N–H and O–H groups in total. The van der Waals surface area contributed by atoms with Gasteiger partial charge in [0.25, 0.3) is 0 Å². The summed E-state index contributed by atoms with van der Waals surface area (Å²) in [5.41, 5.74) is -0.569. The van der Waals surface area contributed by atoms with E-state index in [1.54, 1.807) is 30.0 Å². The molecule has 2 rings (SSSR count). The van der Waals surface area contributed by atoms with E-state index in [1.165, 1.54) is 0 Å². The highest BCUT2D eigenvalue weighted by Crippen LogP contribution is 2.31. The maximum Gasteiger partial charge on any atom is 0.323 e. The van der Waals surface area contributed by atoms with E-state index in [4.69, 9.17) is 23.2 Å². The molecule has 1 heterocycles. The number of carboxylic acids is 1. The molecule has 0 radical (unpaired) electrons. The van der Waals surface area contributed by atoms with Gasteiger partial charge in [0.05, 0.1) is 22.3 Å². The lowest BCUT2D eigenvalue weighted by atomic mass is 9.99. The van der Waals surface area contributed by atoms with Crippen LogP contribution in [0.1, 0.15) is 19.8 Å². The summed E-state index contributed by atoms with van der Waals surface area (Å²) in [5.74, 6) is -1.22. The Balaban J connectivity index is 2.05. The van der Waals surface area contributed by atoms with Gasteiger partial charge in [-0.2, -0.15) is 0 Å². The molecule has 1 atom stereocenters. The maximum atomic E-state index is 12.1. The van der Waals surface area contributed by atoms with Crippen molar-refractivity contribution in [1.82, 2.24) is 4.90 Å². The van der Waals surface area contributed by atoms with Crippen molar-refractivity contribution in [1.29, 1.82) is 0 Å². The number of nitrogens with zero attached hydrogens (tertiary/aromatic N) is 1. The highest BCUT2D eigenvalue weighted by atomic mass is 35.5. The molecule has 0 aromatic heterocycles. The van der Waals surface area contributed by atoms with Crippen LogP contribution in [0, 0.1) is 0 Å². The van der Waals surface area contributed by atoms with Crippen LogP contribution in [0.5, 0.6) is 0 Å². The van der Waals surface area contributed by atoms with Gasteiger partial charge in [-0.25, -0.2) is 0 Å². The number of carboxylic acid groups (broad SMARTS) is 1. The molecule has 1 amide bonds. The fourth-order valence-corrected chi connectivity index (χ4v) is 2.83. The summed E-state index contributed by atoms with van der Waals surface area (Å²) in [6.07, 6.45) is 1.29. The Bertz CT molecular complexity index is 579. The Morgan fingerprint density at radius 3 is 2.81 bits per heavy atom. The number of benzene rings is 1. The average molecular weight is 331 g/mol. The Labute approximate surface area is 132 Å². The molecule has 1 aromatic carbocycles. The number of rotatable bonds is 4. The molecule has 21 heavy (non-hydrogen) atoms. The SMILES string of the molecule is CC1(C(=O)O)CCCN1CC(=O)Nc1cccc(Cl)c1Cl. The topological polar surface area (TPSA) is 69.6 Å². The number of nitrogens with one attached hydrogen (secondary N) is 1. The van der Waals surface area contributed by atoms with Crippen molar-refractivity contribution < 1.29 is 14.7 Å². The second kappa shape index (κ2) is 6.22. The predicted molar refractivity (Wildman–Crippen MR) is 81.9 cm³/mol. The molecule has 1 fully saturated rings. The minimum atomic E-state index is -0.991. The predicted octanol–water partition coefficient (Wildman–Crippen LogP) is 2.87. The quantitative estimate of drug-likeness (QED) is 0.890. The molecule has 7 heteroatoms. The molecular weight excluding hydrogens is 315 g/mol. The van der Waals surface area contributed by atoms with Crippen LogP contribution in [0.15, 0.2) is 18.2 Å². The highest BCUT2D eigenvalue weighted by molar-refractivity contribution is 6.44. The van der Waals surface area contributed by atoms with Gasteiger partial charge >= 0.3 is 5.97 Å². The van der Waals surface area contributed by atoms with Crippen molar-refractivity contribution in [2.75, 3.05) is 18.4 Å². The first-order valence-electron chi connectivity index (χ1n) is 6.57. The van der Waals surface area contributed by atoms with Crippen LogP contribution in [0.4, 0.5) is 5.69 Å². The number of aliphatic carboxylic acids is 1. The minimum Gasteiger partial charge on any atom is -0.480 e. The number of anilines is 1. The van der Waals surface area contributed by atoms with Crippen LogP contribution in [-0.2, 0) is 9.59 Å². The van der Waals surface area contributed by atoms with E-state index in [-0.39, 0.29) is 17.5 Å². The third-order valence-electron chi connectivity index (χ3n) is 3.81. The van der Waals surface area contributed by atoms with E-state index in [1.807, 2.05) is 0 Å². The van der Waals surface area contributed by atoms with Gasteiger partial charge in [0.15, 0.2) is 0 Å². The number of carbonyl (C=O) groups excluding carboxylic acids is 1. The van der Waals surface area contributed by atoms with Crippen LogP contribution in [0.2, 0.25) is 10.0 Å². The van der Waals surface area contributed by atoms with E-state index in [0.29, 0.717) is 23.7 Å². The summed E-state index contributed by atoms with van der Waals surface area (Å²) in [7, 11) is 0. The van der Waals surface area contributed by atoms with Crippen molar-refractivity contribution >= 4 is 40.8 Å². The zero-order chi connectivity index (χ0) is 15.6. The second-order valence-electron chi connectivity index (χ2n) is 5.25. The Morgan fingerprint density at radius 2 is 2.14 bits per heavy atom. The fourth-order valence-electron chi connectivity index (χ4n) is 2.48. The second-order valence-corrected chi connectivity index (χ2v) is 6.04. The van der Waals surface area contributed by atoms with Crippen molar-refractivity contribution in [3.63, 3.8) is 0 Å². The fraction of sp³-hybridized carbons (Fsp3) is 0.429. The van der Waals surface area contributed by atoms with Gasteiger partial charge in [0.1, 0.15) is 5.54 Å². The van der Waals surface area contributed by atoms with Crippen molar-refractivity contribution in [2.45, 2.75) is 25.3 Å². The molecule has 1 aliphatic rings. The maximum absolute atomic E-state index is 12.1. The number of amides is 1. The molecule has 5 nitrogen and oxygen atoms in total. The van der Waals surface area contributed by atoms with Gasteiger partial charge in [0.2, 0.25) is 5.91 Å². The highest BCUT2D eigenvalue weighted by Gasteiger charge is 2.43. The van der Waals surface area contributed by atoms with E-state index in [9.17, 15) is 14.7 Å². The molecule has 1 saturated heterocycles. The number of carbonyl (C=O) groups is 2. The zero-order valence-electron chi connectivity index (χ0n) is 11.5. The molecule has 0 bridgehead atoms. The van der Waals surface area contributed by atoms with Gasteiger partial charge in [-0.15, -0.1) is 0 Å². The molecule has 0 aliphatic carbocycles. The number of hydrogen-bond donors (Lipinski definition) is 2.